The third kappa shape index (κ3) is 4.15. The third-order valence-corrected chi connectivity index (χ3v) is 5.35. The molecule has 0 unspecified atom stereocenters. The summed E-state index contributed by atoms with van der Waals surface area (Å²) in [5, 5.41) is 15.6. The number of rotatable bonds is 5. The Morgan fingerprint density at radius 1 is 1.19 bits per heavy atom. The van der Waals surface area contributed by atoms with Crippen molar-refractivity contribution in [3.63, 3.8) is 0 Å². The summed E-state index contributed by atoms with van der Waals surface area (Å²) in [5.74, 6) is 0.166. The maximum atomic E-state index is 12.4. The van der Waals surface area contributed by atoms with E-state index < -0.39 is 0 Å². The highest BCUT2D eigenvalue weighted by Gasteiger charge is 2.11. The second-order valence-corrected chi connectivity index (χ2v) is 7.48. The van der Waals surface area contributed by atoms with Crippen LogP contribution < -0.4 is 5.32 Å². The fourth-order valence-electron chi connectivity index (χ4n) is 2.64. The Morgan fingerprint density at radius 3 is 2.65 bits per heavy atom. The van der Waals surface area contributed by atoms with Crippen LogP contribution in [0.5, 0.6) is 0 Å². The number of fused-ring (bicyclic) bond motifs is 1. The molecule has 0 radical (unpaired) electrons. The summed E-state index contributed by atoms with van der Waals surface area (Å²) in [6.07, 6.45) is 1.52. The summed E-state index contributed by atoms with van der Waals surface area (Å²) >= 11 is 2.50. The molecule has 0 aliphatic rings. The van der Waals surface area contributed by atoms with Gasteiger partial charge in [0.15, 0.2) is 0 Å². The van der Waals surface area contributed by atoms with Gasteiger partial charge in [0.05, 0.1) is 11.3 Å². The molecule has 0 bridgehead atoms. The average Bonchev–Trinajstić information content (AvgIpc) is 2.63. The summed E-state index contributed by atoms with van der Waals surface area (Å²) in [6, 6.07) is 11.5. The summed E-state index contributed by atoms with van der Waals surface area (Å²) in [6.45, 7) is 3.85. The fraction of sp³-hybridized carbons (Fsp3) is 0.158. The monoisotopic (exact) mass is 380 g/mol. The zero-order valence-corrected chi connectivity index (χ0v) is 15.9. The van der Waals surface area contributed by atoms with Gasteiger partial charge < -0.3 is 5.32 Å². The van der Waals surface area contributed by atoms with Gasteiger partial charge in [-0.25, -0.2) is 9.97 Å². The van der Waals surface area contributed by atoms with Crippen molar-refractivity contribution >= 4 is 46.0 Å². The predicted molar refractivity (Wildman–Crippen MR) is 106 cm³/mol. The molecule has 7 heteroatoms. The molecule has 2 aromatic carbocycles. The minimum Gasteiger partial charge on any atom is -0.325 e. The third-order valence-electron chi connectivity index (χ3n) is 3.78. The Morgan fingerprint density at radius 2 is 1.92 bits per heavy atom. The number of nitrogens with zero attached hydrogens (tertiary/aromatic N) is 3. The number of carbonyl (C=O) groups is 1. The fourth-order valence-corrected chi connectivity index (χ4v) is 4.00. The van der Waals surface area contributed by atoms with Gasteiger partial charge in [-0.05, 0) is 54.9 Å². The van der Waals surface area contributed by atoms with Crippen LogP contribution in [0.1, 0.15) is 11.1 Å². The van der Waals surface area contributed by atoms with E-state index in [0.717, 1.165) is 49.4 Å². The molecule has 3 rings (SSSR count). The first-order valence-electron chi connectivity index (χ1n) is 7.88. The van der Waals surface area contributed by atoms with Gasteiger partial charge >= 0.3 is 0 Å². The molecule has 1 N–H and O–H groups in total. The number of thioether (sulfide) groups is 2. The first kappa shape index (κ1) is 18.2. The molecule has 0 spiro atoms. The van der Waals surface area contributed by atoms with Crippen molar-refractivity contribution in [2.75, 3.05) is 11.1 Å². The van der Waals surface area contributed by atoms with Crippen LogP contribution in [0.3, 0.4) is 0 Å². The number of carbonyl (C=O) groups excluding carboxylic acids is 1. The van der Waals surface area contributed by atoms with Gasteiger partial charge in [0.25, 0.3) is 0 Å². The lowest BCUT2D eigenvalue weighted by molar-refractivity contribution is -0.113. The van der Waals surface area contributed by atoms with Crippen LogP contribution in [0.25, 0.3) is 10.9 Å². The van der Waals surface area contributed by atoms with Gasteiger partial charge in [0.2, 0.25) is 5.91 Å². The Kier molecular flexibility index (Phi) is 5.76. The lowest BCUT2D eigenvalue weighted by Crippen LogP contribution is -2.16. The van der Waals surface area contributed by atoms with Crippen molar-refractivity contribution in [3.05, 3.63) is 53.9 Å². The van der Waals surface area contributed by atoms with Crippen molar-refractivity contribution in [2.45, 2.75) is 23.8 Å². The molecule has 0 aliphatic heterocycles. The summed E-state index contributed by atoms with van der Waals surface area (Å²) < 4.78 is 0. The Hall–Kier alpha value is -2.56. The van der Waals surface area contributed by atoms with E-state index in [1.165, 1.54) is 18.1 Å². The highest BCUT2D eigenvalue weighted by Crippen LogP contribution is 2.28. The Balaban J connectivity index is 1.71. The lowest BCUT2D eigenvalue weighted by Gasteiger charge is -2.13. The number of aromatic nitrogens is 2. The molecular weight excluding hydrogens is 364 g/mol. The summed E-state index contributed by atoms with van der Waals surface area (Å²) in [4.78, 5) is 21.8. The van der Waals surface area contributed by atoms with Crippen LogP contribution >= 0.6 is 23.5 Å². The van der Waals surface area contributed by atoms with Crippen molar-refractivity contribution in [1.82, 2.24) is 9.97 Å². The van der Waals surface area contributed by atoms with Crippen molar-refractivity contribution in [2.24, 2.45) is 0 Å². The highest BCUT2D eigenvalue weighted by molar-refractivity contribution is 8.03. The zero-order chi connectivity index (χ0) is 18.5. The van der Waals surface area contributed by atoms with Crippen LogP contribution in [-0.2, 0) is 4.79 Å². The largest absolute Gasteiger partial charge is 0.325 e. The first-order chi connectivity index (χ1) is 12.6. The number of nitriles is 1. The zero-order valence-electron chi connectivity index (χ0n) is 14.3. The van der Waals surface area contributed by atoms with Gasteiger partial charge in [-0.1, -0.05) is 30.0 Å². The number of anilines is 1. The standard InChI is InChI=1S/C19H16N4OS2/c1-12-7-14(26-10-20)8-13(2)18(12)23-17(24)9-25-19-15-5-3-4-6-16(15)21-11-22-19/h3-8,11H,9H2,1-2H3,(H,23,24). The molecule has 5 nitrogen and oxygen atoms in total. The minimum absolute atomic E-state index is 0.0930. The minimum atomic E-state index is -0.0930. The highest BCUT2D eigenvalue weighted by atomic mass is 32.2. The molecule has 0 fully saturated rings. The number of thiocyanates is 1. The van der Waals surface area contributed by atoms with Gasteiger partial charge in [0, 0.05) is 16.0 Å². The maximum absolute atomic E-state index is 12.4. The molecule has 0 saturated carbocycles. The van der Waals surface area contributed by atoms with E-state index in [9.17, 15) is 4.79 Å². The number of benzene rings is 2. The normalized spacial score (nSPS) is 10.5. The average molecular weight is 380 g/mol. The second kappa shape index (κ2) is 8.21. The molecule has 1 amide bonds. The Labute approximate surface area is 160 Å². The van der Waals surface area contributed by atoms with E-state index in [0.29, 0.717) is 0 Å². The second-order valence-electron chi connectivity index (χ2n) is 5.66. The molecule has 26 heavy (non-hydrogen) atoms. The SMILES string of the molecule is Cc1cc(SC#N)cc(C)c1NC(=O)CSc1ncnc2ccccc12. The molecule has 0 aliphatic carbocycles. The van der Waals surface area contributed by atoms with E-state index in [-0.39, 0.29) is 11.7 Å². The Bertz CT molecular complexity index is 986. The van der Waals surface area contributed by atoms with E-state index in [4.69, 9.17) is 5.26 Å². The topological polar surface area (TPSA) is 78.7 Å². The smallest absolute Gasteiger partial charge is 0.234 e. The molecular formula is C19H16N4OS2. The maximum Gasteiger partial charge on any atom is 0.234 e. The van der Waals surface area contributed by atoms with Crippen molar-refractivity contribution < 1.29 is 4.79 Å². The van der Waals surface area contributed by atoms with E-state index in [1.807, 2.05) is 50.2 Å². The van der Waals surface area contributed by atoms with Crippen LogP contribution in [0.15, 0.2) is 52.6 Å². The van der Waals surface area contributed by atoms with E-state index in [2.05, 4.69) is 20.7 Å². The predicted octanol–water partition coefficient (Wildman–Crippen LogP) is 4.55. The number of aryl methyl sites for hydroxylation is 2. The molecule has 1 aromatic heterocycles. The number of hydrogen-bond donors (Lipinski definition) is 1. The van der Waals surface area contributed by atoms with Crippen LogP contribution in [0, 0.1) is 24.5 Å². The molecule has 0 saturated heterocycles. The summed E-state index contributed by atoms with van der Waals surface area (Å²) in [7, 11) is 0. The van der Waals surface area contributed by atoms with Crippen LogP contribution in [0.4, 0.5) is 5.69 Å². The summed E-state index contributed by atoms with van der Waals surface area (Å²) in [5.41, 5.74) is 3.54. The van der Waals surface area contributed by atoms with E-state index in [1.54, 1.807) is 0 Å². The number of para-hydroxylation sites is 1. The van der Waals surface area contributed by atoms with Gasteiger partial charge in [0.1, 0.15) is 16.8 Å². The van der Waals surface area contributed by atoms with Gasteiger partial charge in [-0.2, -0.15) is 5.26 Å². The molecule has 130 valence electrons. The van der Waals surface area contributed by atoms with E-state index >= 15 is 0 Å². The van der Waals surface area contributed by atoms with Gasteiger partial charge in [-0.15, -0.1) is 0 Å². The van der Waals surface area contributed by atoms with Crippen LogP contribution in [0.2, 0.25) is 0 Å². The number of hydrogen-bond acceptors (Lipinski definition) is 6. The van der Waals surface area contributed by atoms with Crippen molar-refractivity contribution in [3.8, 4) is 5.40 Å². The molecule has 3 aromatic rings. The van der Waals surface area contributed by atoms with Crippen LogP contribution in [-0.4, -0.2) is 21.6 Å². The molecule has 0 atom stereocenters. The lowest BCUT2D eigenvalue weighted by atomic mass is 10.1. The number of amides is 1. The van der Waals surface area contributed by atoms with Gasteiger partial charge in [-0.3, -0.25) is 4.79 Å². The number of nitrogens with one attached hydrogen (secondary N) is 1. The first-order valence-corrected chi connectivity index (χ1v) is 9.68. The quantitative estimate of drug-likeness (QED) is 0.397. The van der Waals surface area contributed by atoms with Crippen molar-refractivity contribution in [1.29, 1.82) is 5.26 Å². The molecule has 1 heterocycles.